The fraction of sp³-hybridized carbons (Fsp3) is 0.423. The van der Waals surface area contributed by atoms with Crippen molar-refractivity contribution in [1.29, 1.82) is 0 Å². The van der Waals surface area contributed by atoms with Crippen LogP contribution in [0.15, 0.2) is 122 Å². The highest BCUT2D eigenvalue weighted by atomic mass is 16.8. The van der Waals surface area contributed by atoms with Crippen LogP contribution in [-0.2, 0) is 66.5 Å². The smallest absolute Gasteiger partial charge is 0.327 e. The normalized spacial score (nSPS) is 24.9. The van der Waals surface area contributed by atoms with Crippen molar-refractivity contribution >= 4 is 29.8 Å². The molecule has 4 aliphatic rings. The third-order valence-electron chi connectivity index (χ3n) is 12.8. The molecule has 1 saturated carbocycles. The highest BCUT2D eigenvalue weighted by molar-refractivity contribution is 5.96. The largest absolute Gasteiger partial charge is 0.499 e. The number of amides is 2. The van der Waals surface area contributed by atoms with Gasteiger partial charge < -0.3 is 44.1 Å². The van der Waals surface area contributed by atoms with Crippen molar-refractivity contribution in [1.82, 2.24) is 15.3 Å². The van der Waals surface area contributed by atoms with Crippen LogP contribution in [0.4, 0.5) is 0 Å². The molecule has 15 nitrogen and oxygen atoms in total. The average Bonchev–Trinajstić information content (AvgIpc) is 3.91. The number of rotatable bonds is 18. The summed E-state index contributed by atoms with van der Waals surface area (Å²) < 4.78 is 31.3. The van der Waals surface area contributed by atoms with Crippen LogP contribution in [0.3, 0.4) is 0 Å². The van der Waals surface area contributed by atoms with Gasteiger partial charge in [-0.1, -0.05) is 115 Å². The molecule has 4 aromatic rings. The molecule has 1 aliphatic carbocycles. The summed E-state index contributed by atoms with van der Waals surface area (Å²) in [7, 11) is 1.54. The van der Waals surface area contributed by atoms with Crippen molar-refractivity contribution in [3.8, 4) is 0 Å². The minimum absolute atomic E-state index is 0.00225. The molecule has 354 valence electrons. The molecule has 4 fully saturated rings. The maximum Gasteiger partial charge on any atom is 0.327 e. The number of nitrogens with zero attached hydrogens (tertiary/aromatic N) is 2. The maximum absolute atomic E-state index is 16.0. The Labute approximate surface area is 390 Å². The number of aliphatic hydroxyl groups excluding tert-OH is 2. The van der Waals surface area contributed by atoms with Gasteiger partial charge in [0, 0.05) is 37.4 Å². The topological polar surface area (TPSA) is 183 Å². The lowest BCUT2D eigenvalue weighted by atomic mass is 9.62. The molecule has 67 heavy (non-hydrogen) atoms. The lowest BCUT2D eigenvalue weighted by molar-refractivity contribution is -0.214. The van der Waals surface area contributed by atoms with E-state index in [9.17, 15) is 19.5 Å². The van der Waals surface area contributed by atoms with Crippen molar-refractivity contribution in [3.05, 3.63) is 149 Å². The highest BCUT2D eigenvalue weighted by Crippen LogP contribution is 2.59. The molecule has 2 bridgehead atoms. The third-order valence-corrected chi connectivity index (χ3v) is 12.8. The molecule has 0 spiro atoms. The first-order valence-electron chi connectivity index (χ1n) is 22.8. The molecule has 3 saturated heterocycles. The fourth-order valence-corrected chi connectivity index (χ4v) is 9.80. The molecule has 3 aliphatic heterocycles. The lowest BCUT2D eigenvalue weighted by Gasteiger charge is -2.50. The summed E-state index contributed by atoms with van der Waals surface area (Å²) in [5.41, 5.74) is 1.32. The van der Waals surface area contributed by atoms with Crippen LogP contribution in [0.2, 0.25) is 0 Å². The Balaban J connectivity index is 1.17. The second-order valence-electron chi connectivity index (χ2n) is 18.5. The molecule has 8 atom stereocenters. The number of hydrogen-bond donors (Lipinski definition) is 3. The van der Waals surface area contributed by atoms with Gasteiger partial charge in [0.2, 0.25) is 17.6 Å². The quantitative estimate of drug-likeness (QED) is 0.0703. The SMILES string of the molecule is CN(C(=O)C12CC3OC(=O)C1N(Cc1cccc(C=COCCO)c1)OC2C1OC(c2ccccc2)(c2ccccc2)OC31)C(Cc1ccccc1)C(=O)NC(CO)CCC(=O)OC(C)(C)C. The number of carbonyl (C=O) groups is 4. The Kier molecular flexibility index (Phi) is 14.3. The minimum atomic E-state index is -1.65. The van der Waals surface area contributed by atoms with Crippen LogP contribution in [0.1, 0.15) is 67.9 Å². The van der Waals surface area contributed by atoms with Gasteiger partial charge in [0.05, 0.1) is 32.1 Å². The Morgan fingerprint density at radius 1 is 0.896 bits per heavy atom. The number of likely N-dealkylation sites (N-methyl/N-ethyl adjacent to an activating group) is 1. The van der Waals surface area contributed by atoms with Gasteiger partial charge in [0.25, 0.3) is 0 Å². The van der Waals surface area contributed by atoms with Gasteiger partial charge in [0.1, 0.15) is 48.1 Å². The van der Waals surface area contributed by atoms with Crippen molar-refractivity contribution in [3.63, 3.8) is 0 Å². The van der Waals surface area contributed by atoms with Gasteiger partial charge in [-0.05, 0) is 50.0 Å². The monoisotopic (exact) mass is 917 g/mol. The maximum atomic E-state index is 16.0. The van der Waals surface area contributed by atoms with E-state index in [1.165, 1.54) is 16.2 Å². The molecule has 8 rings (SSSR count). The number of benzene rings is 4. The van der Waals surface area contributed by atoms with Crippen LogP contribution in [0.5, 0.6) is 0 Å². The fourth-order valence-electron chi connectivity index (χ4n) is 9.80. The zero-order chi connectivity index (χ0) is 47.3. The number of esters is 2. The van der Waals surface area contributed by atoms with Gasteiger partial charge in [-0.25, -0.2) is 0 Å². The van der Waals surface area contributed by atoms with Crippen molar-refractivity contribution < 1.29 is 57.9 Å². The summed E-state index contributed by atoms with van der Waals surface area (Å²) >= 11 is 0. The van der Waals surface area contributed by atoms with Crippen LogP contribution in [0, 0.1) is 5.41 Å². The first kappa shape index (κ1) is 47.5. The van der Waals surface area contributed by atoms with Gasteiger partial charge in [0.15, 0.2) is 6.04 Å². The van der Waals surface area contributed by atoms with E-state index in [4.69, 9.17) is 33.6 Å². The van der Waals surface area contributed by atoms with Gasteiger partial charge in [-0.3, -0.25) is 24.0 Å². The van der Waals surface area contributed by atoms with Gasteiger partial charge in [-0.15, -0.1) is 0 Å². The molecule has 0 radical (unpaired) electrons. The average molecular weight is 918 g/mol. The summed E-state index contributed by atoms with van der Waals surface area (Å²) in [4.78, 5) is 66.3. The zero-order valence-corrected chi connectivity index (χ0v) is 38.2. The van der Waals surface area contributed by atoms with E-state index in [0.717, 1.165) is 16.7 Å². The predicted octanol–water partition coefficient (Wildman–Crippen LogP) is 4.82. The number of hydrogen-bond acceptors (Lipinski definition) is 13. The number of hydroxylamine groups is 2. The lowest BCUT2D eigenvalue weighted by Crippen LogP contribution is -2.70. The number of aliphatic hydroxyl groups is 2. The number of nitrogens with one attached hydrogen (secondary N) is 1. The van der Waals surface area contributed by atoms with E-state index >= 15 is 4.79 Å². The Morgan fingerprint density at radius 3 is 2.18 bits per heavy atom. The van der Waals surface area contributed by atoms with Crippen LogP contribution in [-0.4, -0.2) is 119 Å². The zero-order valence-electron chi connectivity index (χ0n) is 38.2. The third kappa shape index (κ3) is 9.89. The number of ether oxygens (including phenoxy) is 5. The van der Waals surface area contributed by atoms with E-state index < -0.39 is 89.7 Å². The van der Waals surface area contributed by atoms with Crippen LogP contribution < -0.4 is 5.32 Å². The first-order chi connectivity index (χ1) is 32.3. The summed E-state index contributed by atoms with van der Waals surface area (Å²) in [5.74, 6) is -3.72. The second kappa shape index (κ2) is 20.1. The predicted molar refractivity (Wildman–Crippen MR) is 244 cm³/mol. The molecule has 8 unspecified atom stereocenters. The van der Waals surface area contributed by atoms with E-state index in [1.54, 1.807) is 33.9 Å². The molecule has 0 aromatic heterocycles. The molecule has 15 heteroatoms. The van der Waals surface area contributed by atoms with E-state index in [1.807, 2.05) is 115 Å². The molecular formula is C52H59N3O12. The first-order valence-corrected chi connectivity index (χ1v) is 22.8. The van der Waals surface area contributed by atoms with E-state index in [2.05, 4.69) is 5.32 Å². The van der Waals surface area contributed by atoms with Crippen molar-refractivity contribution in [2.24, 2.45) is 5.41 Å². The van der Waals surface area contributed by atoms with Crippen LogP contribution >= 0.6 is 0 Å². The van der Waals surface area contributed by atoms with Gasteiger partial charge >= 0.3 is 11.9 Å². The Hall–Kier alpha value is -5.94. The minimum Gasteiger partial charge on any atom is -0.499 e. The van der Waals surface area contributed by atoms with E-state index in [-0.39, 0.29) is 45.4 Å². The second-order valence-corrected chi connectivity index (χ2v) is 18.5. The van der Waals surface area contributed by atoms with Gasteiger partial charge in [-0.2, -0.15) is 5.06 Å². The van der Waals surface area contributed by atoms with E-state index in [0.29, 0.717) is 11.1 Å². The molecule has 4 aromatic carbocycles. The molecule has 2 amide bonds. The Morgan fingerprint density at radius 2 is 1.54 bits per heavy atom. The van der Waals surface area contributed by atoms with Crippen molar-refractivity contribution in [2.75, 3.05) is 26.9 Å². The standard InChI is InChI=1S/C52H59N3O12/c1-50(2,3)64-42(58)24-23-39(33-57)53-47(59)40(30-34-15-8-5-9-16-34)54(4)49(61)51-31-41-43-44(66-52(65-43,37-19-10-6-11-20-37)38-21-12-7-13-22-38)46(51)67-55(45(51)48(60)63-41)32-36-18-14-17-35(29-36)25-27-62-28-26-56/h5-22,25,27,29,39-41,43-46,56-57H,23-24,26,28,30-33H2,1-4H3,(H,53,59). The Bertz CT molecular complexity index is 2360. The summed E-state index contributed by atoms with van der Waals surface area (Å²) in [6, 6.07) is 32.4. The molecule has 3 N–H and O–H groups in total. The molecular weight excluding hydrogens is 859 g/mol. The number of carbonyl (C=O) groups excluding carboxylic acids is 4. The summed E-state index contributed by atoms with van der Waals surface area (Å²) in [5, 5.41) is 24.0. The van der Waals surface area contributed by atoms with Crippen molar-refractivity contribution in [2.45, 2.75) is 107 Å². The highest BCUT2D eigenvalue weighted by Gasteiger charge is 2.77. The summed E-state index contributed by atoms with van der Waals surface area (Å²) in [6.45, 7) is 4.89. The summed E-state index contributed by atoms with van der Waals surface area (Å²) in [6.07, 6.45) is -0.510. The van der Waals surface area contributed by atoms with Crippen LogP contribution in [0.25, 0.3) is 6.08 Å². The molecule has 3 heterocycles. The number of fused-ring (bicyclic) bond motifs is 4.